The lowest BCUT2D eigenvalue weighted by molar-refractivity contribution is -0.145. The van der Waals surface area contributed by atoms with Crippen LogP contribution in [0.2, 0.25) is 5.02 Å². The van der Waals surface area contributed by atoms with Crippen LogP contribution in [0, 0.1) is 0 Å². The molecule has 0 spiro atoms. The molecule has 0 saturated carbocycles. The van der Waals surface area contributed by atoms with Gasteiger partial charge in [0.15, 0.2) is 0 Å². The zero-order valence-electron chi connectivity index (χ0n) is 15.7. The highest BCUT2D eigenvalue weighted by Crippen LogP contribution is 2.15. The van der Waals surface area contributed by atoms with Crippen molar-refractivity contribution in [3.8, 4) is 0 Å². The average Bonchev–Trinajstić information content (AvgIpc) is 2.63. The Morgan fingerprint density at radius 2 is 1.89 bits per heavy atom. The van der Waals surface area contributed by atoms with Crippen molar-refractivity contribution in [1.82, 2.24) is 10.3 Å². The van der Waals surface area contributed by atoms with Crippen molar-refractivity contribution in [3.63, 3.8) is 0 Å². The van der Waals surface area contributed by atoms with E-state index in [0.717, 1.165) is 5.56 Å². The predicted molar refractivity (Wildman–Crippen MR) is 106 cm³/mol. The number of nitrogens with zero attached hydrogens (tertiary/aromatic N) is 1. The summed E-state index contributed by atoms with van der Waals surface area (Å²) in [7, 11) is 0. The first kappa shape index (κ1) is 20.7. The molecule has 0 radical (unpaired) electrons. The Bertz CT molecular complexity index is 778. The maximum atomic E-state index is 12.8. The lowest BCUT2D eigenvalue weighted by atomic mass is 10.1. The summed E-state index contributed by atoms with van der Waals surface area (Å²) in [6.45, 7) is 5.88. The van der Waals surface area contributed by atoms with E-state index in [1.54, 1.807) is 37.4 Å². The van der Waals surface area contributed by atoms with E-state index in [1.165, 1.54) is 0 Å². The zero-order chi connectivity index (χ0) is 19.8. The average molecular weight is 390 g/mol. The van der Waals surface area contributed by atoms with Gasteiger partial charge in [-0.2, -0.15) is 0 Å². The van der Waals surface area contributed by atoms with Crippen molar-refractivity contribution in [2.45, 2.75) is 39.3 Å². The van der Waals surface area contributed by atoms with Gasteiger partial charge in [0.25, 0.3) is 5.91 Å². The molecular formula is C20H24ClN3O3. The molecule has 0 aliphatic carbocycles. The predicted octanol–water partition coefficient (Wildman–Crippen LogP) is 3.46. The number of hydrogen-bond donors (Lipinski definition) is 2. The van der Waals surface area contributed by atoms with Crippen molar-refractivity contribution in [1.29, 1.82) is 0 Å². The third kappa shape index (κ3) is 6.25. The van der Waals surface area contributed by atoms with Gasteiger partial charge in [-0.3, -0.25) is 4.79 Å². The van der Waals surface area contributed by atoms with Gasteiger partial charge in [0, 0.05) is 23.7 Å². The summed E-state index contributed by atoms with van der Waals surface area (Å²) in [4.78, 5) is 29.4. The highest BCUT2D eigenvalue weighted by molar-refractivity contribution is 6.30. The molecule has 1 heterocycles. The van der Waals surface area contributed by atoms with Crippen LogP contribution in [-0.4, -0.2) is 35.6 Å². The summed E-state index contributed by atoms with van der Waals surface area (Å²) < 4.78 is 5.12. The molecule has 1 unspecified atom stereocenters. The zero-order valence-corrected chi connectivity index (χ0v) is 16.4. The number of carbonyl (C=O) groups excluding carboxylic acids is 2. The number of halogens is 1. The number of benzene rings is 1. The molecule has 0 bridgehead atoms. The van der Waals surface area contributed by atoms with Crippen molar-refractivity contribution < 1.29 is 14.3 Å². The van der Waals surface area contributed by atoms with E-state index in [-0.39, 0.29) is 12.6 Å². The third-order valence-electron chi connectivity index (χ3n) is 3.71. The number of aromatic nitrogens is 1. The molecular weight excluding hydrogens is 366 g/mol. The molecule has 0 aliphatic heterocycles. The van der Waals surface area contributed by atoms with Crippen LogP contribution in [0.5, 0.6) is 0 Å². The van der Waals surface area contributed by atoms with E-state index < -0.39 is 17.9 Å². The molecule has 144 valence electrons. The lowest BCUT2D eigenvalue weighted by Gasteiger charge is -2.19. The van der Waals surface area contributed by atoms with Gasteiger partial charge < -0.3 is 15.4 Å². The minimum absolute atomic E-state index is 0.112. The Balaban J connectivity index is 2.20. The smallest absolute Gasteiger partial charge is 0.328 e. The van der Waals surface area contributed by atoms with Crippen molar-refractivity contribution in [2.75, 3.05) is 11.9 Å². The molecule has 1 atom stereocenters. The lowest BCUT2D eigenvalue weighted by Crippen LogP contribution is -2.43. The van der Waals surface area contributed by atoms with Crippen molar-refractivity contribution in [2.24, 2.45) is 0 Å². The van der Waals surface area contributed by atoms with Gasteiger partial charge in [-0.1, -0.05) is 23.7 Å². The minimum Gasteiger partial charge on any atom is -0.464 e. The molecule has 0 saturated heterocycles. The fourth-order valence-electron chi connectivity index (χ4n) is 2.51. The van der Waals surface area contributed by atoms with Gasteiger partial charge in [-0.05, 0) is 50.6 Å². The van der Waals surface area contributed by atoms with E-state index in [4.69, 9.17) is 16.3 Å². The number of rotatable bonds is 8. The number of hydrogen-bond acceptors (Lipinski definition) is 5. The molecule has 1 amide bonds. The van der Waals surface area contributed by atoms with Gasteiger partial charge in [-0.15, -0.1) is 0 Å². The summed E-state index contributed by atoms with van der Waals surface area (Å²) in [6, 6.07) is 9.76. The topological polar surface area (TPSA) is 80.3 Å². The summed E-state index contributed by atoms with van der Waals surface area (Å²) in [6.07, 6.45) is 1.91. The quantitative estimate of drug-likeness (QED) is 0.676. The van der Waals surface area contributed by atoms with Crippen LogP contribution < -0.4 is 10.6 Å². The summed E-state index contributed by atoms with van der Waals surface area (Å²) in [5, 5.41) is 6.51. The summed E-state index contributed by atoms with van der Waals surface area (Å²) >= 11 is 5.91. The number of anilines is 1. The molecule has 6 nitrogen and oxygen atoms in total. The third-order valence-corrected chi connectivity index (χ3v) is 3.96. The van der Waals surface area contributed by atoms with Crippen LogP contribution in [0.4, 0.5) is 5.82 Å². The van der Waals surface area contributed by atoms with Gasteiger partial charge >= 0.3 is 5.97 Å². The molecule has 7 heteroatoms. The number of ether oxygens (including phenoxy) is 1. The Morgan fingerprint density at radius 1 is 1.19 bits per heavy atom. The Kier molecular flexibility index (Phi) is 7.61. The molecule has 2 aromatic rings. The standard InChI is InChI=1S/C20H24ClN3O3/c1-4-27-20(26)17(12-14-7-9-15(21)10-8-14)24-19(25)16-6-5-11-22-18(16)23-13(2)3/h5-11,13,17H,4,12H2,1-3H3,(H,22,23)(H,24,25). The maximum Gasteiger partial charge on any atom is 0.328 e. The first-order chi connectivity index (χ1) is 12.9. The SMILES string of the molecule is CCOC(=O)C(Cc1ccc(Cl)cc1)NC(=O)c1cccnc1NC(C)C. The Hall–Kier alpha value is -2.60. The molecule has 2 N–H and O–H groups in total. The van der Waals surface area contributed by atoms with Crippen LogP contribution in [0.15, 0.2) is 42.6 Å². The van der Waals surface area contributed by atoms with Crippen LogP contribution in [0.1, 0.15) is 36.7 Å². The van der Waals surface area contributed by atoms with E-state index >= 15 is 0 Å². The molecule has 0 fully saturated rings. The first-order valence-corrected chi connectivity index (χ1v) is 9.22. The first-order valence-electron chi connectivity index (χ1n) is 8.84. The van der Waals surface area contributed by atoms with Crippen LogP contribution >= 0.6 is 11.6 Å². The highest BCUT2D eigenvalue weighted by Gasteiger charge is 2.24. The van der Waals surface area contributed by atoms with E-state index in [2.05, 4.69) is 15.6 Å². The van der Waals surface area contributed by atoms with E-state index in [1.807, 2.05) is 26.0 Å². The van der Waals surface area contributed by atoms with Crippen molar-refractivity contribution in [3.05, 3.63) is 58.7 Å². The second-order valence-electron chi connectivity index (χ2n) is 6.31. The number of nitrogens with one attached hydrogen (secondary N) is 2. The molecule has 1 aromatic heterocycles. The molecule has 1 aromatic carbocycles. The van der Waals surface area contributed by atoms with Gasteiger partial charge in [0.2, 0.25) is 0 Å². The fourth-order valence-corrected chi connectivity index (χ4v) is 2.63. The van der Waals surface area contributed by atoms with Gasteiger partial charge in [0.05, 0.1) is 12.2 Å². The van der Waals surface area contributed by atoms with Gasteiger partial charge in [0.1, 0.15) is 11.9 Å². The van der Waals surface area contributed by atoms with Crippen LogP contribution in [0.25, 0.3) is 0 Å². The number of carbonyl (C=O) groups is 2. The Labute approximate surface area is 164 Å². The molecule has 0 aliphatic rings. The number of esters is 1. The maximum absolute atomic E-state index is 12.8. The Morgan fingerprint density at radius 3 is 2.52 bits per heavy atom. The van der Waals surface area contributed by atoms with E-state index in [9.17, 15) is 9.59 Å². The monoisotopic (exact) mass is 389 g/mol. The number of amides is 1. The second-order valence-corrected chi connectivity index (χ2v) is 6.74. The van der Waals surface area contributed by atoms with Crippen molar-refractivity contribution >= 4 is 29.3 Å². The van der Waals surface area contributed by atoms with Gasteiger partial charge in [-0.25, -0.2) is 9.78 Å². The van der Waals surface area contributed by atoms with Crippen LogP contribution in [-0.2, 0) is 16.0 Å². The van der Waals surface area contributed by atoms with Crippen LogP contribution in [0.3, 0.4) is 0 Å². The largest absolute Gasteiger partial charge is 0.464 e. The molecule has 2 rings (SSSR count). The second kappa shape index (κ2) is 9.92. The fraction of sp³-hybridized carbons (Fsp3) is 0.350. The normalized spacial score (nSPS) is 11.7. The summed E-state index contributed by atoms with van der Waals surface area (Å²) in [5.41, 5.74) is 1.24. The number of pyridine rings is 1. The summed E-state index contributed by atoms with van der Waals surface area (Å²) in [5.74, 6) is -0.402. The minimum atomic E-state index is -0.814. The molecule has 27 heavy (non-hydrogen) atoms. The van der Waals surface area contributed by atoms with E-state index in [0.29, 0.717) is 22.8 Å². The highest BCUT2D eigenvalue weighted by atomic mass is 35.5.